The first-order chi connectivity index (χ1) is 19.9. The lowest BCUT2D eigenvalue weighted by atomic mass is 9.95. The lowest BCUT2D eigenvalue weighted by Crippen LogP contribution is -2.47. The van der Waals surface area contributed by atoms with Crippen molar-refractivity contribution in [3.63, 3.8) is 0 Å². The van der Waals surface area contributed by atoms with Crippen LogP contribution in [-0.2, 0) is 15.8 Å². The number of anilines is 2. The average molecular weight is 652 g/mol. The summed E-state index contributed by atoms with van der Waals surface area (Å²) in [4.78, 5) is 44.2. The third-order valence-corrected chi connectivity index (χ3v) is 6.68. The molecule has 2 aromatic rings. The maximum absolute atomic E-state index is 12.8. The molecule has 18 heteroatoms. The first-order valence-electron chi connectivity index (χ1n) is 12.5. The number of hydrogen-bond acceptors (Lipinski definition) is 9. The first-order valence-corrected chi connectivity index (χ1v) is 13.2. The van der Waals surface area contributed by atoms with Crippen molar-refractivity contribution in [2.45, 2.75) is 51.7 Å². The van der Waals surface area contributed by atoms with E-state index in [4.69, 9.17) is 28.3 Å². The number of carboxylic acid groups (broad SMARTS) is 2. The topological polar surface area (TPSA) is 180 Å². The maximum atomic E-state index is 12.8. The number of nitro benzene ring substituents is 2. The van der Waals surface area contributed by atoms with E-state index in [-0.39, 0.29) is 41.6 Å². The van der Waals surface area contributed by atoms with Gasteiger partial charge in [0.25, 0.3) is 11.4 Å². The van der Waals surface area contributed by atoms with Gasteiger partial charge in [-0.15, -0.1) is 0 Å². The van der Waals surface area contributed by atoms with E-state index < -0.39 is 50.4 Å². The number of nitrogens with zero attached hydrogens (tertiary/aromatic N) is 5. The number of benzene rings is 2. The summed E-state index contributed by atoms with van der Waals surface area (Å²) < 4.78 is 38.5. The van der Waals surface area contributed by atoms with E-state index in [2.05, 4.69) is 5.10 Å². The summed E-state index contributed by atoms with van der Waals surface area (Å²) in [6, 6.07) is 5.16. The molecule has 43 heavy (non-hydrogen) atoms. The number of hydrazone groups is 1. The normalized spacial score (nSPS) is 16.2. The van der Waals surface area contributed by atoms with Crippen LogP contribution in [0.25, 0.3) is 0 Å². The van der Waals surface area contributed by atoms with Crippen molar-refractivity contribution in [1.82, 2.24) is 0 Å². The Morgan fingerprint density at radius 3 is 1.93 bits per heavy atom. The molecule has 13 nitrogen and oxygen atoms in total. The van der Waals surface area contributed by atoms with Crippen LogP contribution in [0.15, 0.2) is 35.4 Å². The second kappa shape index (κ2) is 13.9. The van der Waals surface area contributed by atoms with E-state index >= 15 is 0 Å². The number of rotatable bonds is 10. The number of halogens is 5. The van der Waals surface area contributed by atoms with E-state index in [1.807, 2.05) is 0 Å². The largest absolute Gasteiger partial charge is 0.479 e. The third kappa shape index (κ3) is 8.01. The summed E-state index contributed by atoms with van der Waals surface area (Å²) in [6.07, 6.45) is -4.06. The predicted molar refractivity (Wildman–Crippen MR) is 152 cm³/mol. The predicted octanol–water partition coefficient (Wildman–Crippen LogP) is 6.64. The van der Waals surface area contributed by atoms with Gasteiger partial charge in [0.15, 0.2) is 11.2 Å². The highest BCUT2D eigenvalue weighted by molar-refractivity contribution is 6.38. The lowest BCUT2D eigenvalue weighted by Gasteiger charge is -2.30. The van der Waals surface area contributed by atoms with Crippen LogP contribution in [0, 0.1) is 20.2 Å². The van der Waals surface area contributed by atoms with E-state index in [0.717, 1.165) is 5.01 Å². The van der Waals surface area contributed by atoms with Gasteiger partial charge in [0.05, 0.1) is 26.1 Å². The van der Waals surface area contributed by atoms with Crippen LogP contribution in [-0.4, -0.2) is 56.3 Å². The molecule has 1 aliphatic rings. The molecule has 234 valence electrons. The number of hydrogen-bond donors (Lipinski definition) is 2. The van der Waals surface area contributed by atoms with Gasteiger partial charge in [-0.1, -0.05) is 37.0 Å². The molecule has 1 aliphatic heterocycles. The fraction of sp³-hybridized carbons (Fsp3) is 0.400. The molecule has 1 atom stereocenters. The van der Waals surface area contributed by atoms with Crippen LogP contribution >= 0.6 is 23.2 Å². The summed E-state index contributed by atoms with van der Waals surface area (Å²) in [7, 11) is 0. The summed E-state index contributed by atoms with van der Waals surface area (Å²) in [6.45, 7) is 5.45. The summed E-state index contributed by atoms with van der Waals surface area (Å²) in [5, 5.41) is 46.3. The van der Waals surface area contributed by atoms with Gasteiger partial charge in [0, 0.05) is 36.7 Å². The number of carbonyl (C=O) groups is 2. The van der Waals surface area contributed by atoms with Crippen LogP contribution in [0.1, 0.15) is 45.6 Å². The Bertz CT molecular complexity index is 1420. The molecule has 2 N–H and O–H groups in total. The third-order valence-electron chi connectivity index (χ3n) is 6.14. The van der Waals surface area contributed by atoms with Gasteiger partial charge in [-0.05, 0) is 38.0 Å². The quantitative estimate of drug-likeness (QED) is 0.209. The Kier molecular flexibility index (Phi) is 11.3. The van der Waals surface area contributed by atoms with Crippen LogP contribution < -0.4 is 9.91 Å². The maximum Gasteiger partial charge on any atom is 0.416 e. The number of nitro groups is 2. The molecular weight excluding hydrogens is 626 g/mol. The second-order valence-corrected chi connectivity index (χ2v) is 10.2. The van der Waals surface area contributed by atoms with E-state index in [0.29, 0.717) is 30.0 Å². The van der Waals surface area contributed by atoms with Gasteiger partial charge >= 0.3 is 18.1 Å². The van der Waals surface area contributed by atoms with Gasteiger partial charge in [-0.2, -0.15) is 18.3 Å². The monoisotopic (exact) mass is 651 g/mol. The zero-order valence-corrected chi connectivity index (χ0v) is 24.4. The van der Waals surface area contributed by atoms with Gasteiger partial charge < -0.3 is 15.1 Å². The smallest absolute Gasteiger partial charge is 0.416 e. The van der Waals surface area contributed by atoms with Gasteiger partial charge in [0.2, 0.25) is 0 Å². The van der Waals surface area contributed by atoms with Crippen LogP contribution in [0.2, 0.25) is 10.0 Å². The molecule has 0 spiro atoms. The number of alkyl halides is 3. The minimum Gasteiger partial charge on any atom is -0.479 e. The summed E-state index contributed by atoms with van der Waals surface area (Å²) in [5.74, 6) is -2.45. The molecule has 0 aliphatic carbocycles. The molecule has 1 heterocycles. The molecule has 0 amide bonds. The van der Waals surface area contributed by atoms with Crippen molar-refractivity contribution in [2.75, 3.05) is 23.0 Å². The zero-order valence-electron chi connectivity index (χ0n) is 22.9. The Morgan fingerprint density at radius 1 is 1.05 bits per heavy atom. The summed E-state index contributed by atoms with van der Waals surface area (Å²) >= 11 is 11.8. The van der Waals surface area contributed by atoms with Crippen molar-refractivity contribution in [3.05, 3.63) is 66.2 Å². The highest BCUT2D eigenvalue weighted by Crippen LogP contribution is 2.43. The van der Waals surface area contributed by atoms with Gasteiger partial charge in [-0.3, -0.25) is 20.2 Å². The fourth-order valence-corrected chi connectivity index (χ4v) is 4.66. The van der Waals surface area contributed by atoms with Crippen LogP contribution in [0.4, 0.5) is 35.9 Å². The molecule has 1 unspecified atom stereocenters. The number of carboxylic acids is 2. The van der Waals surface area contributed by atoms with Crippen molar-refractivity contribution in [1.29, 1.82) is 0 Å². The Balaban J connectivity index is 0.000000303. The van der Waals surface area contributed by atoms with E-state index in [1.54, 1.807) is 13.8 Å². The van der Waals surface area contributed by atoms with Crippen LogP contribution in [0.5, 0.6) is 0 Å². The average Bonchev–Trinajstić information content (AvgIpc) is 3.26. The van der Waals surface area contributed by atoms with Crippen molar-refractivity contribution in [3.8, 4) is 0 Å². The van der Waals surface area contributed by atoms with Gasteiger partial charge in [-0.25, -0.2) is 14.6 Å². The second-order valence-electron chi connectivity index (χ2n) is 9.38. The Hall–Kier alpha value is -4.18. The van der Waals surface area contributed by atoms with E-state index in [9.17, 15) is 48.1 Å². The molecule has 2 aromatic carbocycles. The van der Waals surface area contributed by atoms with Crippen molar-refractivity contribution < 1.29 is 42.8 Å². The fourth-order valence-electron chi connectivity index (χ4n) is 4.17. The van der Waals surface area contributed by atoms with E-state index in [1.165, 1.54) is 30.0 Å². The molecule has 3 rings (SSSR count). The van der Waals surface area contributed by atoms with Crippen LogP contribution in [0.3, 0.4) is 0 Å². The minimum atomic E-state index is -4.91. The van der Waals surface area contributed by atoms with Gasteiger partial charge in [0.1, 0.15) is 5.71 Å². The van der Waals surface area contributed by atoms with Crippen molar-refractivity contribution in [2.24, 2.45) is 5.10 Å². The minimum absolute atomic E-state index is 0.195. The molecule has 0 bridgehead atoms. The molecular formula is C25H26Cl2F3N5O8. The Labute approximate surface area is 252 Å². The molecule has 0 fully saturated rings. The Morgan fingerprint density at radius 2 is 1.56 bits per heavy atom. The zero-order chi connectivity index (χ0) is 32.9. The van der Waals surface area contributed by atoms with Crippen molar-refractivity contribution >= 4 is 63.6 Å². The molecule has 0 saturated carbocycles. The molecule has 0 radical (unpaired) electrons. The molecule has 0 aromatic heterocycles. The summed E-state index contributed by atoms with van der Waals surface area (Å²) in [5.41, 5.74) is -5.06. The standard InChI is InChI=1S/C13H16F3N3O4.C12H10Cl2N2O4/c1-3-5-17(6-4-2)12-10(18(20)21)7-9(13(14,15)16)8-11(12)19(22)23;1-12(11(19)20)5-8(10(17)18)15-16(12)9-3-2-6(13)4-7(9)14/h7-8H,3-6H2,1-2H3;2-4H,5H2,1H3,(H,17,18)(H,19,20). The first kappa shape index (κ1) is 35.0. The highest BCUT2D eigenvalue weighted by Gasteiger charge is 2.48. The number of aliphatic carboxylic acids is 2. The SMILES string of the molecule is CC1(C(=O)O)CC(C(=O)O)=NN1c1ccc(Cl)cc1Cl.CCCN(CCC)c1c([N+](=O)[O-])cc(C(F)(F)F)cc1[N+](=O)[O-]. The highest BCUT2D eigenvalue weighted by atomic mass is 35.5. The lowest BCUT2D eigenvalue weighted by molar-refractivity contribution is -0.393. The molecule has 0 saturated heterocycles.